The van der Waals surface area contributed by atoms with E-state index >= 15 is 0 Å². The van der Waals surface area contributed by atoms with Gasteiger partial charge in [0, 0.05) is 24.5 Å². The number of nitrogens with zero attached hydrogens (tertiary/aromatic N) is 1. The number of ether oxygens (including phenoxy) is 1. The Hall–Kier alpha value is -2.21. The van der Waals surface area contributed by atoms with Gasteiger partial charge in [-0.05, 0) is 54.7 Å². The highest BCUT2D eigenvalue weighted by Gasteiger charge is 2.30. The Morgan fingerprint density at radius 1 is 1.00 bits per heavy atom. The molecule has 0 aliphatic carbocycles. The van der Waals surface area contributed by atoms with Crippen LogP contribution in [-0.4, -0.2) is 44.1 Å². The summed E-state index contributed by atoms with van der Waals surface area (Å²) in [5.41, 5.74) is -0.109. The second-order valence-corrected chi connectivity index (χ2v) is 8.54. The fraction of sp³-hybridized carbons (Fsp3) is 0.278. The van der Waals surface area contributed by atoms with Crippen LogP contribution < -0.4 is 10.6 Å². The van der Waals surface area contributed by atoms with Crippen molar-refractivity contribution in [3.8, 4) is 0 Å². The molecule has 0 atom stereocenters. The maximum absolute atomic E-state index is 12.8. The molecule has 0 radical (unpaired) electrons. The topological polar surface area (TPSA) is 70.7 Å². The fourth-order valence-corrected chi connectivity index (χ4v) is 4.36. The van der Waals surface area contributed by atoms with E-state index in [2.05, 4.69) is 10.6 Å². The Morgan fingerprint density at radius 2 is 1.62 bits per heavy atom. The molecule has 1 heterocycles. The van der Waals surface area contributed by atoms with Gasteiger partial charge >= 0.3 is 6.18 Å². The van der Waals surface area contributed by atoms with Gasteiger partial charge in [0.1, 0.15) is 0 Å². The molecule has 3 rings (SSSR count). The number of nitrogens with one attached hydrogen (secondary N) is 2. The lowest BCUT2D eigenvalue weighted by Gasteiger charge is -2.26. The number of rotatable bonds is 4. The van der Waals surface area contributed by atoms with Gasteiger partial charge in [-0.25, -0.2) is 8.42 Å². The van der Waals surface area contributed by atoms with Crippen LogP contribution in [0.5, 0.6) is 0 Å². The molecule has 11 heteroatoms. The summed E-state index contributed by atoms with van der Waals surface area (Å²) in [7, 11) is -3.60. The van der Waals surface area contributed by atoms with E-state index < -0.39 is 21.8 Å². The number of anilines is 2. The first-order chi connectivity index (χ1) is 13.7. The third kappa shape index (κ3) is 5.44. The normalized spacial score (nSPS) is 15.7. The molecule has 1 fully saturated rings. The summed E-state index contributed by atoms with van der Waals surface area (Å²) in [5, 5.41) is 5.57. The van der Waals surface area contributed by atoms with Gasteiger partial charge in [0.25, 0.3) is 0 Å². The molecule has 0 spiro atoms. The molecular formula is C18H18F3N3O3S2. The van der Waals surface area contributed by atoms with E-state index in [1.807, 2.05) is 0 Å². The lowest BCUT2D eigenvalue weighted by molar-refractivity contribution is -0.137. The Morgan fingerprint density at radius 3 is 2.24 bits per heavy atom. The predicted octanol–water partition coefficient (Wildman–Crippen LogP) is 3.54. The van der Waals surface area contributed by atoms with Crippen molar-refractivity contribution in [3.05, 3.63) is 54.1 Å². The summed E-state index contributed by atoms with van der Waals surface area (Å²) in [4.78, 5) is 0.140. The SMILES string of the molecule is O=S(=O)(c1ccc(NC(=S)Nc2cccc(C(F)(F)F)c2)cc1)N1CCOCC1. The lowest BCUT2D eigenvalue weighted by Crippen LogP contribution is -2.40. The quantitative estimate of drug-likeness (QED) is 0.702. The van der Waals surface area contributed by atoms with Gasteiger partial charge in [-0.2, -0.15) is 17.5 Å². The Kier molecular flexibility index (Phi) is 6.42. The highest BCUT2D eigenvalue weighted by Crippen LogP contribution is 2.30. The van der Waals surface area contributed by atoms with E-state index in [0.717, 1.165) is 12.1 Å². The number of sulfonamides is 1. The second kappa shape index (κ2) is 8.66. The van der Waals surface area contributed by atoms with Gasteiger partial charge in [-0.1, -0.05) is 6.07 Å². The molecule has 1 aliphatic rings. The van der Waals surface area contributed by atoms with E-state index in [0.29, 0.717) is 32.0 Å². The fourth-order valence-electron chi connectivity index (χ4n) is 2.71. The van der Waals surface area contributed by atoms with Crippen LogP contribution in [0.3, 0.4) is 0 Å². The van der Waals surface area contributed by atoms with Crippen LogP contribution in [0.25, 0.3) is 0 Å². The summed E-state index contributed by atoms with van der Waals surface area (Å²) >= 11 is 5.12. The van der Waals surface area contributed by atoms with E-state index in [-0.39, 0.29) is 15.7 Å². The zero-order chi connectivity index (χ0) is 21.1. The summed E-state index contributed by atoms with van der Waals surface area (Å²) in [6.45, 7) is 1.31. The molecule has 1 saturated heterocycles. The smallest absolute Gasteiger partial charge is 0.379 e. The number of halogens is 3. The van der Waals surface area contributed by atoms with Crippen molar-refractivity contribution in [2.24, 2.45) is 0 Å². The number of alkyl halides is 3. The molecule has 1 aliphatic heterocycles. The van der Waals surface area contributed by atoms with Gasteiger partial charge in [0.2, 0.25) is 10.0 Å². The zero-order valence-electron chi connectivity index (χ0n) is 15.1. The standard InChI is InChI=1S/C18H18F3N3O3S2/c19-18(20,21)13-2-1-3-15(12-13)23-17(28)22-14-4-6-16(7-5-14)29(25,26)24-8-10-27-11-9-24/h1-7,12H,8-11H2,(H2,22,23,28). The number of hydrogen-bond acceptors (Lipinski definition) is 4. The minimum Gasteiger partial charge on any atom is -0.379 e. The maximum atomic E-state index is 12.8. The van der Waals surface area contributed by atoms with Gasteiger partial charge in [0.05, 0.1) is 23.7 Å². The van der Waals surface area contributed by atoms with E-state index in [4.69, 9.17) is 17.0 Å². The van der Waals surface area contributed by atoms with Crippen LogP contribution in [0.2, 0.25) is 0 Å². The molecular weight excluding hydrogens is 427 g/mol. The van der Waals surface area contributed by atoms with Crippen LogP contribution in [0, 0.1) is 0 Å². The predicted molar refractivity (Wildman–Crippen MR) is 107 cm³/mol. The van der Waals surface area contributed by atoms with Crippen molar-refractivity contribution in [1.82, 2.24) is 4.31 Å². The van der Waals surface area contributed by atoms with E-state index in [9.17, 15) is 21.6 Å². The van der Waals surface area contributed by atoms with Crippen LogP contribution in [-0.2, 0) is 20.9 Å². The molecule has 0 unspecified atom stereocenters. The first kappa shape index (κ1) is 21.5. The second-order valence-electron chi connectivity index (χ2n) is 6.20. The van der Waals surface area contributed by atoms with Gasteiger partial charge < -0.3 is 15.4 Å². The van der Waals surface area contributed by atoms with Crippen LogP contribution in [0.15, 0.2) is 53.4 Å². The number of benzene rings is 2. The monoisotopic (exact) mass is 445 g/mol. The average Bonchev–Trinajstić information content (AvgIpc) is 2.68. The third-order valence-corrected chi connectivity index (χ3v) is 6.28. The van der Waals surface area contributed by atoms with Crippen molar-refractivity contribution in [3.63, 3.8) is 0 Å². The minimum atomic E-state index is -4.45. The van der Waals surface area contributed by atoms with Crippen molar-refractivity contribution in [2.75, 3.05) is 36.9 Å². The molecule has 2 N–H and O–H groups in total. The largest absolute Gasteiger partial charge is 0.416 e. The van der Waals surface area contributed by atoms with Gasteiger partial charge in [-0.15, -0.1) is 0 Å². The molecule has 156 valence electrons. The van der Waals surface area contributed by atoms with Crippen LogP contribution in [0.4, 0.5) is 24.5 Å². The maximum Gasteiger partial charge on any atom is 0.416 e. The minimum absolute atomic E-state index is 0.0770. The molecule has 6 nitrogen and oxygen atoms in total. The van der Waals surface area contributed by atoms with Crippen LogP contribution in [0.1, 0.15) is 5.56 Å². The average molecular weight is 445 g/mol. The first-order valence-corrected chi connectivity index (χ1v) is 10.4. The molecule has 29 heavy (non-hydrogen) atoms. The van der Waals surface area contributed by atoms with Crippen molar-refractivity contribution < 1.29 is 26.3 Å². The van der Waals surface area contributed by atoms with Crippen molar-refractivity contribution >= 4 is 38.7 Å². The molecule has 2 aromatic carbocycles. The highest BCUT2D eigenvalue weighted by molar-refractivity contribution is 7.89. The lowest BCUT2D eigenvalue weighted by atomic mass is 10.2. The van der Waals surface area contributed by atoms with E-state index in [1.165, 1.54) is 40.7 Å². The molecule has 0 bridgehead atoms. The molecule has 0 saturated carbocycles. The Labute approximate surface area is 171 Å². The van der Waals surface area contributed by atoms with E-state index in [1.54, 1.807) is 0 Å². The number of thiocarbonyl (C=S) groups is 1. The Balaban J connectivity index is 1.64. The van der Waals surface area contributed by atoms with Crippen molar-refractivity contribution in [2.45, 2.75) is 11.1 Å². The van der Waals surface area contributed by atoms with Crippen LogP contribution >= 0.6 is 12.2 Å². The summed E-state index contributed by atoms with van der Waals surface area (Å²) in [5.74, 6) is 0. The van der Waals surface area contributed by atoms with Gasteiger partial charge in [-0.3, -0.25) is 0 Å². The van der Waals surface area contributed by atoms with Crippen molar-refractivity contribution in [1.29, 1.82) is 0 Å². The Bertz CT molecular complexity index is 974. The third-order valence-electron chi connectivity index (χ3n) is 4.17. The summed E-state index contributed by atoms with van der Waals surface area (Å²) < 4.78 is 70.1. The number of hydrogen-bond donors (Lipinski definition) is 2. The molecule has 2 aromatic rings. The molecule has 0 aromatic heterocycles. The molecule has 0 amide bonds. The van der Waals surface area contributed by atoms with Gasteiger partial charge in [0.15, 0.2) is 5.11 Å². The number of morpholine rings is 1. The summed E-state index contributed by atoms with van der Waals surface area (Å²) in [6, 6.07) is 10.6. The highest BCUT2D eigenvalue weighted by atomic mass is 32.2. The zero-order valence-corrected chi connectivity index (χ0v) is 16.7. The first-order valence-electron chi connectivity index (χ1n) is 8.59. The summed E-state index contributed by atoms with van der Waals surface area (Å²) in [6.07, 6.45) is -4.45.